The molecule has 35 heavy (non-hydrogen) atoms. The van der Waals surface area contributed by atoms with E-state index in [0.29, 0.717) is 5.56 Å². The molecule has 0 aliphatic carbocycles. The third-order valence-electron chi connectivity index (χ3n) is 6.46. The molecular formula is C23H27N7O4Si. The number of carbonyl (C=O) groups is 2. The summed E-state index contributed by atoms with van der Waals surface area (Å²) in [6, 6.07) is 8.69. The number of fused-ring (bicyclic) bond motifs is 1. The average molecular weight is 494 g/mol. The van der Waals surface area contributed by atoms with E-state index in [-0.39, 0.29) is 40.2 Å². The number of nitrogens with zero attached hydrogens (tertiary/aromatic N) is 6. The lowest BCUT2D eigenvalue weighted by Gasteiger charge is -2.36. The molecule has 2 aromatic heterocycles. The minimum absolute atomic E-state index is 0.0381. The Morgan fingerprint density at radius 1 is 1.23 bits per heavy atom. The van der Waals surface area contributed by atoms with Gasteiger partial charge in [0.1, 0.15) is 6.33 Å². The lowest BCUT2D eigenvalue weighted by atomic mass is 10.2. The van der Waals surface area contributed by atoms with Crippen LogP contribution in [0, 0.1) is 0 Å². The first kappa shape index (κ1) is 24.5. The second kappa shape index (κ2) is 9.23. The Hall–Kier alpha value is -3.57. The van der Waals surface area contributed by atoms with Gasteiger partial charge in [0.25, 0.3) is 11.7 Å². The van der Waals surface area contributed by atoms with Crippen LogP contribution < -0.4 is 5.32 Å². The van der Waals surface area contributed by atoms with Gasteiger partial charge < -0.3 is 20.0 Å². The molecule has 182 valence electrons. The van der Waals surface area contributed by atoms with E-state index in [1.54, 1.807) is 24.3 Å². The van der Waals surface area contributed by atoms with Crippen LogP contribution >= 0.6 is 0 Å². The van der Waals surface area contributed by atoms with Crippen LogP contribution in [0.3, 0.4) is 0 Å². The van der Waals surface area contributed by atoms with Gasteiger partial charge in [-0.15, -0.1) is 0 Å². The Bertz CT molecular complexity index is 1330. The molecule has 1 aliphatic rings. The van der Waals surface area contributed by atoms with Crippen molar-refractivity contribution in [1.29, 1.82) is 0 Å². The van der Waals surface area contributed by atoms with Crippen LogP contribution in [0.2, 0.25) is 18.1 Å². The zero-order valence-corrected chi connectivity index (χ0v) is 21.2. The third kappa shape index (κ3) is 4.69. The molecule has 1 aromatic carbocycles. The second-order valence-electron chi connectivity index (χ2n) is 9.76. The first-order valence-corrected chi connectivity index (χ1v) is 14.0. The molecule has 1 fully saturated rings. The highest BCUT2D eigenvalue weighted by atomic mass is 28.4. The van der Waals surface area contributed by atoms with Gasteiger partial charge in [-0.2, -0.15) is 4.79 Å². The van der Waals surface area contributed by atoms with Gasteiger partial charge >= 0.3 is 5.71 Å². The van der Waals surface area contributed by atoms with Crippen LogP contribution in [0.25, 0.3) is 16.7 Å². The average Bonchev–Trinajstić information content (AvgIpc) is 3.38. The molecule has 0 spiro atoms. The molecule has 2 atom stereocenters. The number of nitrogens with one attached hydrogen (secondary N) is 1. The quantitative estimate of drug-likeness (QED) is 0.315. The number of rotatable bonds is 6. The minimum atomic E-state index is -2.13. The molecule has 4 rings (SSSR count). The second-order valence-corrected chi connectivity index (χ2v) is 14.6. The van der Waals surface area contributed by atoms with E-state index in [9.17, 15) is 15.1 Å². The van der Waals surface area contributed by atoms with Crippen molar-refractivity contribution in [3.8, 4) is 0 Å². The number of Topliss-reactive ketones (excluding diaryl/α,β-unsaturated/α-hetero) is 1. The molecule has 12 heteroatoms. The molecule has 0 bridgehead atoms. The summed E-state index contributed by atoms with van der Waals surface area (Å²) in [6.45, 7) is 10.6. The number of ketones is 1. The molecule has 1 saturated heterocycles. The SMILES string of the molecule is CC(C)(C)[Si](C)(C)OC[C@H]1O[C@@H](n2cnc3c(NC(=O)c4ccccc4)ncnc32)C(=O)C1=[N+]=[N-]. The highest BCUT2D eigenvalue weighted by Crippen LogP contribution is 2.37. The maximum atomic E-state index is 13.0. The van der Waals surface area contributed by atoms with Gasteiger partial charge in [-0.3, -0.25) is 14.2 Å². The largest absolute Gasteiger partial charge is 0.414 e. The van der Waals surface area contributed by atoms with Crippen molar-refractivity contribution < 1.29 is 23.5 Å². The lowest BCUT2D eigenvalue weighted by molar-refractivity contribution is -0.126. The van der Waals surface area contributed by atoms with E-state index in [1.165, 1.54) is 17.2 Å². The zero-order chi connectivity index (χ0) is 25.4. The first-order chi connectivity index (χ1) is 16.5. The van der Waals surface area contributed by atoms with E-state index >= 15 is 0 Å². The van der Waals surface area contributed by atoms with Crippen LogP contribution in [0.4, 0.5) is 5.82 Å². The molecule has 3 heterocycles. The first-order valence-electron chi connectivity index (χ1n) is 11.1. The van der Waals surface area contributed by atoms with Gasteiger partial charge in [-0.1, -0.05) is 39.0 Å². The number of anilines is 1. The summed E-state index contributed by atoms with van der Waals surface area (Å²) < 4.78 is 13.6. The van der Waals surface area contributed by atoms with Gasteiger partial charge in [-0.25, -0.2) is 15.0 Å². The van der Waals surface area contributed by atoms with Gasteiger partial charge in [-0.05, 0) is 30.3 Å². The van der Waals surface area contributed by atoms with Crippen LogP contribution in [0.5, 0.6) is 0 Å². The predicted molar refractivity (Wildman–Crippen MR) is 130 cm³/mol. The number of amides is 1. The fourth-order valence-electron chi connectivity index (χ4n) is 3.38. The summed E-state index contributed by atoms with van der Waals surface area (Å²) in [4.78, 5) is 41.5. The monoisotopic (exact) mass is 493 g/mol. The number of aromatic nitrogens is 4. The minimum Gasteiger partial charge on any atom is -0.414 e. The standard InChI is InChI=1S/C23H27N7O4Si/c1-23(2,3)35(4,5)33-11-15-16(29-24)18(31)22(34-15)30-13-27-17-19(25-12-26-20(17)30)28-21(32)14-9-7-6-8-10-14/h6-10,12-13,15,22H,11H2,1-5H3,(H,25,26,28,32)/t15-,22-/m1/s1. The van der Waals surface area contributed by atoms with E-state index in [0.717, 1.165) is 0 Å². The molecule has 0 unspecified atom stereocenters. The maximum absolute atomic E-state index is 13.0. The Balaban J connectivity index is 1.59. The van der Waals surface area contributed by atoms with Crippen molar-refractivity contribution in [2.45, 2.75) is 51.2 Å². The zero-order valence-electron chi connectivity index (χ0n) is 20.2. The van der Waals surface area contributed by atoms with Gasteiger partial charge in [0.05, 0.1) is 12.9 Å². The van der Waals surface area contributed by atoms with E-state index in [1.807, 2.05) is 6.07 Å². The number of hydrogen-bond donors (Lipinski definition) is 1. The molecule has 1 amide bonds. The molecule has 1 N–H and O–H groups in total. The Kier molecular flexibility index (Phi) is 6.47. The maximum Gasteiger partial charge on any atom is 0.370 e. The topological polar surface area (TPSA) is 145 Å². The summed E-state index contributed by atoms with van der Waals surface area (Å²) in [5, 5.41) is 2.69. The lowest BCUT2D eigenvalue weighted by Crippen LogP contribution is -2.43. The third-order valence-corrected chi connectivity index (χ3v) is 11.0. The van der Waals surface area contributed by atoms with Crippen molar-refractivity contribution in [3.63, 3.8) is 0 Å². The van der Waals surface area contributed by atoms with E-state index in [2.05, 4.69) is 58.9 Å². The van der Waals surface area contributed by atoms with Gasteiger partial charge in [0.2, 0.25) is 6.23 Å². The smallest absolute Gasteiger partial charge is 0.370 e. The van der Waals surface area contributed by atoms with Gasteiger partial charge in [0.15, 0.2) is 31.4 Å². The van der Waals surface area contributed by atoms with Crippen LogP contribution in [0.15, 0.2) is 43.0 Å². The highest BCUT2D eigenvalue weighted by molar-refractivity contribution is 6.74. The fraction of sp³-hybridized carbons (Fsp3) is 0.391. The number of benzene rings is 1. The van der Waals surface area contributed by atoms with Gasteiger partial charge in [0, 0.05) is 5.56 Å². The van der Waals surface area contributed by atoms with Crippen LogP contribution in [-0.2, 0) is 14.0 Å². The summed E-state index contributed by atoms with van der Waals surface area (Å²) in [5.74, 6) is -0.683. The molecule has 1 aliphatic heterocycles. The summed E-state index contributed by atoms with van der Waals surface area (Å²) in [7, 11) is -2.13. The highest BCUT2D eigenvalue weighted by Gasteiger charge is 2.50. The van der Waals surface area contributed by atoms with E-state index < -0.39 is 26.4 Å². The van der Waals surface area contributed by atoms with Crippen molar-refractivity contribution in [3.05, 3.63) is 54.1 Å². The number of ether oxygens (including phenoxy) is 1. The van der Waals surface area contributed by atoms with Crippen molar-refractivity contribution >= 4 is 42.7 Å². The number of carbonyl (C=O) groups excluding carboxylic acids is 2. The Morgan fingerprint density at radius 2 is 1.94 bits per heavy atom. The summed E-state index contributed by atoms with van der Waals surface area (Å²) in [5.41, 5.74) is 10.4. The normalized spacial score (nSPS) is 18.7. The Morgan fingerprint density at radius 3 is 2.60 bits per heavy atom. The van der Waals surface area contributed by atoms with Crippen molar-refractivity contribution in [2.24, 2.45) is 0 Å². The molecule has 0 radical (unpaired) electrons. The fourth-order valence-corrected chi connectivity index (χ4v) is 4.38. The Labute approximate surface area is 203 Å². The van der Waals surface area contributed by atoms with Crippen LogP contribution in [-0.4, -0.2) is 62.7 Å². The molecular weight excluding hydrogens is 466 g/mol. The van der Waals surface area contributed by atoms with Crippen molar-refractivity contribution in [1.82, 2.24) is 19.5 Å². The summed E-state index contributed by atoms with van der Waals surface area (Å²) >= 11 is 0. The van der Waals surface area contributed by atoms with Crippen molar-refractivity contribution in [2.75, 3.05) is 11.9 Å². The van der Waals surface area contributed by atoms with E-state index in [4.69, 9.17) is 9.16 Å². The molecule has 0 saturated carbocycles. The number of hydrogen-bond acceptors (Lipinski definition) is 7. The summed E-state index contributed by atoms with van der Waals surface area (Å²) in [6.07, 6.45) is 0.654. The molecule has 11 nitrogen and oxygen atoms in total. The number of imidazole rings is 1. The predicted octanol–water partition coefficient (Wildman–Crippen LogP) is 3.24. The van der Waals surface area contributed by atoms with Crippen LogP contribution in [0.1, 0.15) is 37.4 Å². The molecule has 3 aromatic rings.